The average molecular weight is 348 g/mol. The molecule has 0 unspecified atom stereocenters. The maximum Gasteiger partial charge on any atom is 0.278 e. The van der Waals surface area contributed by atoms with E-state index in [1.54, 1.807) is 20.4 Å². The molecule has 130 valence electrons. The van der Waals surface area contributed by atoms with Gasteiger partial charge in [0.2, 0.25) is 0 Å². The second-order valence-electron chi connectivity index (χ2n) is 6.26. The van der Waals surface area contributed by atoms with Gasteiger partial charge in [0, 0.05) is 24.6 Å². The highest BCUT2D eigenvalue weighted by Crippen LogP contribution is 2.39. The zero-order valence-corrected chi connectivity index (χ0v) is 14.6. The molecule has 0 atom stereocenters. The van der Waals surface area contributed by atoms with Gasteiger partial charge < -0.3 is 13.8 Å². The molecule has 0 spiro atoms. The minimum absolute atomic E-state index is 0.429. The number of nitrogens with zero attached hydrogens (tertiary/aromatic N) is 6. The van der Waals surface area contributed by atoms with Gasteiger partial charge in [0.25, 0.3) is 5.89 Å². The van der Waals surface area contributed by atoms with Gasteiger partial charge in [-0.05, 0) is 25.1 Å². The summed E-state index contributed by atoms with van der Waals surface area (Å²) in [4.78, 5) is 8.89. The summed E-state index contributed by atoms with van der Waals surface area (Å²) in [5.74, 6) is 1.81. The fourth-order valence-corrected chi connectivity index (χ4v) is 3.50. The van der Waals surface area contributed by atoms with Gasteiger partial charge >= 0.3 is 0 Å². The first-order chi connectivity index (χ1) is 12.7. The summed E-state index contributed by atoms with van der Waals surface area (Å²) >= 11 is 0. The Kier molecular flexibility index (Phi) is 3.03. The van der Waals surface area contributed by atoms with Crippen molar-refractivity contribution in [2.75, 3.05) is 7.11 Å². The molecule has 1 aliphatic heterocycles. The first kappa shape index (κ1) is 14.9. The van der Waals surface area contributed by atoms with Gasteiger partial charge in [-0.1, -0.05) is 5.16 Å². The quantitative estimate of drug-likeness (QED) is 0.487. The summed E-state index contributed by atoms with van der Waals surface area (Å²) in [7, 11) is 3.62. The fraction of sp³-hybridized carbons (Fsp3) is 0.222. The average Bonchev–Trinajstić information content (AvgIpc) is 3.32. The maximum absolute atomic E-state index is 5.43. The molecular weight excluding hydrogens is 332 g/mol. The van der Waals surface area contributed by atoms with E-state index in [1.807, 2.05) is 36.1 Å². The van der Waals surface area contributed by atoms with Gasteiger partial charge in [0.05, 0.1) is 30.4 Å². The highest BCUT2D eigenvalue weighted by molar-refractivity contribution is 5.77. The van der Waals surface area contributed by atoms with E-state index in [1.165, 1.54) is 0 Å². The van der Waals surface area contributed by atoms with Crippen LogP contribution in [0.25, 0.3) is 28.5 Å². The Labute approximate surface area is 149 Å². The molecule has 5 rings (SSSR count). The van der Waals surface area contributed by atoms with E-state index in [9.17, 15) is 0 Å². The van der Waals surface area contributed by atoms with Crippen LogP contribution in [0.4, 0.5) is 0 Å². The smallest absolute Gasteiger partial charge is 0.278 e. The lowest BCUT2D eigenvalue weighted by Gasteiger charge is -2.12. The molecule has 4 aromatic rings. The number of methoxy groups -OCH3 is 1. The predicted molar refractivity (Wildman–Crippen MR) is 93.2 cm³/mol. The van der Waals surface area contributed by atoms with Crippen LogP contribution in [-0.4, -0.2) is 36.6 Å². The van der Waals surface area contributed by atoms with E-state index in [0.717, 1.165) is 34.0 Å². The summed E-state index contributed by atoms with van der Waals surface area (Å²) in [6.07, 6.45) is 4.36. The molecule has 1 aliphatic rings. The Balaban J connectivity index is 1.81. The third-order valence-electron chi connectivity index (χ3n) is 4.69. The second-order valence-corrected chi connectivity index (χ2v) is 6.26. The van der Waals surface area contributed by atoms with Crippen LogP contribution in [0.1, 0.15) is 17.1 Å². The number of rotatable bonds is 2. The van der Waals surface area contributed by atoms with Gasteiger partial charge in [-0.25, -0.2) is 4.98 Å². The Morgan fingerprint density at radius 2 is 2.15 bits per heavy atom. The number of imidazole rings is 1. The first-order valence-electron chi connectivity index (χ1n) is 8.22. The SMILES string of the molecule is COc1ccc2c(c1)-c1c(cnn1C)Cc1c(-c3nc(C)no3)ncn1-2. The number of benzene rings is 1. The van der Waals surface area contributed by atoms with Crippen LogP contribution in [-0.2, 0) is 13.5 Å². The topological polar surface area (TPSA) is 83.8 Å². The largest absolute Gasteiger partial charge is 0.497 e. The number of fused-ring (bicyclic) bond motifs is 5. The molecule has 1 aromatic carbocycles. The lowest BCUT2D eigenvalue weighted by molar-refractivity contribution is 0.415. The molecule has 3 aromatic heterocycles. The van der Waals surface area contributed by atoms with Gasteiger partial charge in [-0.15, -0.1) is 0 Å². The Morgan fingerprint density at radius 3 is 2.92 bits per heavy atom. The third kappa shape index (κ3) is 2.01. The van der Waals surface area contributed by atoms with Crippen LogP contribution in [0.3, 0.4) is 0 Å². The van der Waals surface area contributed by atoms with E-state index >= 15 is 0 Å². The molecule has 0 saturated carbocycles. The molecule has 0 saturated heterocycles. The summed E-state index contributed by atoms with van der Waals surface area (Å²) in [6, 6.07) is 6.01. The van der Waals surface area contributed by atoms with Crippen LogP contribution in [0, 0.1) is 6.92 Å². The molecule has 4 heterocycles. The van der Waals surface area contributed by atoms with Crippen LogP contribution in [0.15, 0.2) is 35.2 Å². The van der Waals surface area contributed by atoms with Crippen LogP contribution >= 0.6 is 0 Å². The number of hydrogen-bond acceptors (Lipinski definition) is 6. The van der Waals surface area contributed by atoms with Gasteiger partial charge in [-0.3, -0.25) is 4.68 Å². The fourth-order valence-electron chi connectivity index (χ4n) is 3.50. The van der Waals surface area contributed by atoms with Crippen molar-refractivity contribution in [3.8, 4) is 34.3 Å². The van der Waals surface area contributed by atoms with Gasteiger partial charge in [0.15, 0.2) is 11.5 Å². The van der Waals surface area contributed by atoms with Crippen molar-refractivity contribution < 1.29 is 9.26 Å². The molecule has 0 N–H and O–H groups in total. The molecule has 0 fully saturated rings. The molecule has 8 heteroatoms. The van der Waals surface area contributed by atoms with Crippen molar-refractivity contribution in [1.29, 1.82) is 0 Å². The van der Waals surface area contributed by atoms with Gasteiger partial charge in [-0.2, -0.15) is 10.1 Å². The van der Waals surface area contributed by atoms with E-state index in [4.69, 9.17) is 9.26 Å². The van der Waals surface area contributed by atoms with Crippen molar-refractivity contribution in [1.82, 2.24) is 29.5 Å². The summed E-state index contributed by atoms with van der Waals surface area (Å²) < 4.78 is 14.8. The van der Waals surface area contributed by atoms with Crippen LogP contribution in [0.5, 0.6) is 5.75 Å². The zero-order chi connectivity index (χ0) is 17.8. The molecule has 0 bridgehead atoms. The van der Waals surface area contributed by atoms with Crippen molar-refractivity contribution in [3.63, 3.8) is 0 Å². The molecular formula is C18H16N6O2. The van der Waals surface area contributed by atoms with Crippen LogP contribution < -0.4 is 4.74 Å². The number of ether oxygens (including phenoxy) is 1. The normalized spacial score (nSPS) is 12.3. The molecule has 0 amide bonds. The predicted octanol–water partition coefficient (Wildman–Crippen LogP) is 2.54. The Bertz CT molecular complexity index is 1140. The highest BCUT2D eigenvalue weighted by atomic mass is 16.5. The van der Waals surface area contributed by atoms with E-state index in [-0.39, 0.29) is 0 Å². The minimum Gasteiger partial charge on any atom is -0.497 e. The Morgan fingerprint density at radius 1 is 1.27 bits per heavy atom. The monoisotopic (exact) mass is 348 g/mol. The van der Waals surface area contributed by atoms with Crippen molar-refractivity contribution in [3.05, 3.63) is 47.8 Å². The maximum atomic E-state index is 5.43. The zero-order valence-electron chi connectivity index (χ0n) is 14.6. The van der Waals surface area contributed by atoms with E-state index < -0.39 is 0 Å². The van der Waals surface area contributed by atoms with Crippen molar-refractivity contribution in [2.24, 2.45) is 7.05 Å². The van der Waals surface area contributed by atoms with Gasteiger partial charge in [0.1, 0.15) is 12.1 Å². The second kappa shape index (κ2) is 5.29. The number of hydrogen-bond donors (Lipinski definition) is 0. The molecule has 8 nitrogen and oxygen atoms in total. The summed E-state index contributed by atoms with van der Waals surface area (Å²) in [5, 5.41) is 8.34. The molecule has 0 radical (unpaired) electrons. The minimum atomic E-state index is 0.429. The summed E-state index contributed by atoms with van der Waals surface area (Å²) in [5.41, 5.74) is 5.92. The molecule has 0 aliphatic carbocycles. The van der Waals surface area contributed by atoms with E-state index in [2.05, 4.69) is 24.8 Å². The van der Waals surface area contributed by atoms with Crippen molar-refractivity contribution >= 4 is 0 Å². The molecule has 26 heavy (non-hydrogen) atoms. The third-order valence-corrected chi connectivity index (χ3v) is 4.69. The first-order valence-corrected chi connectivity index (χ1v) is 8.22. The van der Waals surface area contributed by atoms with Crippen molar-refractivity contribution in [2.45, 2.75) is 13.3 Å². The van der Waals surface area contributed by atoms with Crippen LogP contribution in [0.2, 0.25) is 0 Å². The number of aryl methyl sites for hydroxylation is 2. The van der Waals surface area contributed by atoms with E-state index in [0.29, 0.717) is 23.8 Å². The lowest BCUT2D eigenvalue weighted by Crippen LogP contribution is -2.01. The lowest BCUT2D eigenvalue weighted by atomic mass is 10.0. The standard InChI is InChI=1S/C18H16N6O2/c1-10-21-18(26-22-10)16-15-6-11-8-20-23(2)17(11)13-7-12(25-3)4-5-14(13)24(15)9-19-16/h4-5,7-9H,6H2,1-3H3. The summed E-state index contributed by atoms with van der Waals surface area (Å²) in [6.45, 7) is 1.79. The number of aromatic nitrogens is 6. The highest BCUT2D eigenvalue weighted by Gasteiger charge is 2.27. The Hall–Kier alpha value is -3.42.